The molecule has 3 aliphatic rings. The summed E-state index contributed by atoms with van der Waals surface area (Å²) in [6.07, 6.45) is 3.18. The second-order valence-electron chi connectivity index (χ2n) is 7.86. The van der Waals surface area contributed by atoms with Crippen LogP contribution in [-0.4, -0.2) is 42.4 Å². The van der Waals surface area contributed by atoms with Crippen LogP contribution < -0.4 is 15.0 Å². The van der Waals surface area contributed by atoms with Gasteiger partial charge < -0.3 is 14.5 Å². The van der Waals surface area contributed by atoms with Crippen molar-refractivity contribution in [2.45, 2.75) is 32.2 Å². The molecule has 7 nitrogen and oxygen atoms in total. The van der Waals surface area contributed by atoms with Crippen LogP contribution in [0.4, 0.5) is 11.4 Å². The number of benzene rings is 2. The summed E-state index contributed by atoms with van der Waals surface area (Å²) >= 11 is 0. The summed E-state index contributed by atoms with van der Waals surface area (Å²) in [4.78, 5) is 32.6. The Bertz CT molecular complexity index is 1030. The molecule has 0 saturated carbocycles. The highest BCUT2D eigenvalue weighted by Crippen LogP contribution is 2.31. The summed E-state index contributed by atoms with van der Waals surface area (Å²) in [7, 11) is 0. The normalized spacial score (nSPS) is 16.9. The molecule has 3 aliphatic heterocycles. The van der Waals surface area contributed by atoms with Gasteiger partial charge in [0.1, 0.15) is 12.3 Å². The minimum absolute atomic E-state index is 0.0287. The molecule has 3 heterocycles. The number of nitrogens with zero attached hydrogens (tertiary/aromatic N) is 3. The van der Waals surface area contributed by atoms with E-state index in [0.29, 0.717) is 38.5 Å². The second-order valence-corrected chi connectivity index (χ2v) is 7.86. The lowest BCUT2D eigenvalue weighted by Gasteiger charge is -2.29. The Balaban J connectivity index is 1.15. The molecule has 7 heteroatoms. The van der Waals surface area contributed by atoms with Crippen LogP contribution >= 0.6 is 0 Å². The number of rotatable bonds is 5. The van der Waals surface area contributed by atoms with Gasteiger partial charge in [-0.15, -0.1) is 0 Å². The van der Waals surface area contributed by atoms with Gasteiger partial charge in [0, 0.05) is 30.8 Å². The highest BCUT2D eigenvalue weighted by Gasteiger charge is 2.29. The molecule has 0 radical (unpaired) electrons. The Hall–Kier alpha value is -3.35. The zero-order valence-electron chi connectivity index (χ0n) is 16.8. The average molecular weight is 404 g/mol. The molecule has 1 saturated heterocycles. The van der Waals surface area contributed by atoms with Crippen LogP contribution in [-0.2, 0) is 22.6 Å². The molecule has 1 N–H and O–H groups in total. The molecular weight excluding hydrogens is 380 g/mol. The van der Waals surface area contributed by atoms with Gasteiger partial charge in [0.05, 0.1) is 12.3 Å². The van der Waals surface area contributed by atoms with Gasteiger partial charge in [-0.3, -0.25) is 14.9 Å². The highest BCUT2D eigenvalue weighted by molar-refractivity contribution is 6.05. The number of hydrogen-bond donors (Lipinski definition) is 1. The van der Waals surface area contributed by atoms with Crippen LogP contribution in [0, 0.1) is 0 Å². The zero-order chi connectivity index (χ0) is 20.5. The van der Waals surface area contributed by atoms with E-state index >= 15 is 0 Å². The Labute approximate surface area is 175 Å². The number of hydrogen-bond acceptors (Lipinski definition) is 5. The number of nitrogens with one attached hydrogen (secondary N) is 1. The first kappa shape index (κ1) is 18.7. The van der Waals surface area contributed by atoms with Gasteiger partial charge in [-0.05, 0) is 49.1 Å². The van der Waals surface area contributed by atoms with Gasteiger partial charge in [-0.2, -0.15) is 0 Å². The number of amides is 2. The van der Waals surface area contributed by atoms with Gasteiger partial charge in [-0.1, -0.05) is 18.2 Å². The maximum Gasteiger partial charge on any atom is 0.246 e. The first-order valence-electron chi connectivity index (χ1n) is 10.4. The summed E-state index contributed by atoms with van der Waals surface area (Å²) in [5.41, 5.74) is 4.20. The molecule has 0 aliphatic carbocycles. The zero-order valence-corrected chi connectivity index (χ0v) is 16.8. The predicted molar refractivity (Wildman–Crippen MR) is 114 cm³/mol. The second kappa shape index (κ2) is 7.82. The molecule has 30 heavy (non-hydrogen) atoms. The largest absolute Gasteiger partial charge is 0.494 e. The maximum absolute atomic E-state index is 12.7. The van der Waals surface area contributed by atoms with Crippen molar-refractivity contribution in [3.05, 3.63) is 53.6 Å². The maximum atomic E-state index is 12.7. The highest BCUT2D eigenvalue weighted by atomic mass is 16.5. The van der Waals surface area contributed by atoms with E-state index in [1.165, 1.54) is 5.56 Å². The van der Waals surface area contributed by atoms with Crippen LogP contribution in [0.2, 0.25) is 0 Å². The Morgan fingerprint density at radius 2 is 2.03 bits per heavy atom. The van der Waals surface area contributed by atoms with Crippen molar-refractivity contribution in [2.24, 2.45) is 4.99 Å². The molecule has 1 fully saturated rings. The SMILES string of the molecule is O=C1CN2Cc3cc(OCCCC(=O)N4CCCc5ccccc54)ccc3N=C2N1. The van der Waals surface area contributed by atoms with E-state index in [2.05, 4.69) is 16.4 Å². The lowest BCUT2D eigenvalue weighted by molar-refractivity contribution is -0.119. The fraction of sp³-hybridized carbons (Fsp3) is 0.348. The minimum atomic E-state index is -0.0287. The number of guanidine groups is 1. The summed E-state index contributed by atoms with van der Waals surface area (Å²) in [5.74, 6) is 1.52. The smallest absolute Gasteiger partial charge is 0.246 e. The van der Waals surface area contributed by atoms with Gasteiger partial charge in [0.15, 0.2) is 0 Å². The number of carbonyl (C=O) groups excluding carboxylic acids is 2. The number of carbonyl (C=O) groups is 2. The number of aryl methyl sites for hydroxylation is 1. The van der Waals surface area contributed by atoms with Gasteiger partial charge in [-0.25, -0.2) is 4.99 Å². The van der Waals surface area contributed by atoms with E-state index in [4.69, 9.17) is 4.74 Å². The van der Waals surface area contributed by atoms with Gasteiger partial charge in [0.2, 0.25) is 17.8 Å². The van der Waals surface area contributed by atoms with Crippen molar-refractivity contribution in [1.29, 1.82) is 0 Å². The van der Waals surface area contributed by atoms with E-state index in [1.54, 1.807) is 0 Å². The number of fused-ring (bicyclic) bond motifs is 3. The van der Waals surface area contributed by atoms with Crippen LogP contribution in [0.3, 0.4) is 0 Å². The first-order chi connectivity index (χ1) is 14.7. The monoisotopic (exact) mass is 404 g/mol. The average Bonchev–Trinajstić information content (AvgIpc) is 3.13. The third-order valence-corrected chi connectivity index (χ3v) is 5.74. The molecule has 0 bridgehead atoms. The quantitative estimate of drug-likeness (QED) is 0.778. The van der Waals surface area contributed by atoms with Crippen LogP contribution in [0.25, 0.3) is 0 Å². The Kier molecular flexibility index (Phi) is 4.86. The van der Waals surface area contributed by atoms with E-state index in [1.807, 2.05) is 46.2 Å². The van der Waals surface area contributed by atoms with Crippen molar-refractivity contribution >= 4 is 29.1 Å². The molecule has 0 aromatic heterocycles. The lowest BCUT2D eigenvalue weighted by atomic mass is 10.0. The van der Waals surface area contributed by atoms with E-state index in [0.717, 1.165) is 42.1 Å². The summed E-state index contributed by atoms with van der Waals surface area (Å²) in [5, 5.41) is 2.77. The molecule has 154 valence electrons. The van der Waals surface area contributed by atoms with Crippen LogP contribution in [0.5, 0.6) is 5.75 Å². The van der Waals surface area contributed by atoms with E-state index in [-0.39, 0.29) is 11.8 Å². The fourth-order valence-corrected chi connectivity index (χ4v) is 4.27. The third-order valence-electron chi connectivity index (χ3n) is 5.74. The Morgan fingerprint density at radius 3 is 2.97 bits per heavy atom. The first-order valence-corrected chi connectivity index (χ1v) is 10.4. The standard InChI is InChI=1S/C23H24N4O3/c28-21-15-26-14-17-13-18(9-10-19(17)24-23(26)25-21)30-12-4-8-22(29)27-11-3-6-16-5-1-2-7-20(16)27/h1-2,5,7,9-10,13H,3-4,6,8,11-12,14-15H2,(H,24,25,28). The number of aliphatic imine (C=N–C) groups is 1. The molecule has 2 amide bonds. The molecule has 0 atom stereocenters. The summed E-state index contributed by atoms with van der Waals surface area (Å²) in [6, 6.07) is 13.9. The lowest BCUT2D eigenvalue weighted by Crippen LogP contribution is -2.35. The third kappa shape index (κ3) is 3.63. The van der Waals surface area contributed by atoms with Crippen molar-refractivity contribution in [1.82, 2.24) is 10.2 Å². The molecular formula is C23H24N4O3. The van der Waals surface area contributed by atoms with Crippen molar-refractivity contribution in [3.63, 3.8) is 0 Å². The fourth-order valence-electron chi connectivity index (χ4n) is 4.27. The summed E-state index contributed by atoms with van der Waals surface area (Å²) in [6.45, 7) is 2.25. The topological polar surface area (TPSA) is 74.2 Å². The molecule has 2 aromatic rings. The van der Waals surface area contributed by atoms with Crippen molar-refractivity contribution in [3.8, 4) is 5.75 Å². The molecule has 0 unspecified atom stereocenters. The Morgan fingerprint density at radius 1 is 1.13 bits per heavy atom. The van der Waals surface area contributed by atoms with E-state index in [9.17, 15) is 9.59 Å². The minimum Gasteiger partial charge on any atom is -0.494 e. The number of ether oxygens (including phenoxy) is 1. The number of para-hydroxylation sites is 1. The molecule has 2 aromatic carbocycles. The van der Waals surface area contributed by atoms with Crippen LogP contribution in [0.15, 0.2) is 47.5 Å². The van der Waals surface area contributed by atoms with Crippen LogP contribution in [0.1, 0.15) is 30.4 Å². The predicted octanol–water partition coefficient (Wildman–Crippen LogP) is 2.76. The van der Waals surface area contributed by atoms with Crippen molar-refractivity contribution < 1.29 is 14.3 Å². The van der Waals surface area contributed by atoms with Crippen molar-refractivity contribution in [2.75, 3.05) is 24.6 Å². The number of anilines is 1. The van der Waals surface area contributed by atoms with Gasteiger partial charge in [0.25, 0.3) is 0 Å². The van der Waals surface area contributed by atoms with E-state index < -0.39 is 0 Å². The van der Waals surface area contributed by atoms with Gasteiger partial charge >= 0.3 is 0 Å². The molecule has 0 spiro atoms. The summed E-state index contributed by atoms with van der Waals surface area (Å²) < 4.78 is 5.89. The molecule has 5 rings (SSSR count).